The van der Waals surface area contributed by atoms with Crippen LogP contribution in [-0.2, 0) is 16.1 Å². The van der Waals surface area contributed by atoms with Crippen molar-refractivity contribution in [2.24, 2.45) is 0 Å². The Balaban J connectivity index is 1.56. The second-order valence-electron chi connectivity index (χ2n) is 6.42. The molecule has 5 nitrogen and oxygen atoms in total. The Labute approximate surface area is 154 Å². The molecule has 1 amide bonds. The summed E-state index contributed by atoms with van der Waals surface area (Å²) in [5.41, 5.74) is 2.06. The van der Waals surface area contributed by atoms with Gasteiger partial charge in [-0.15, -0.1) is 0 Å². The van der Waals surface area contributed by atoms with Crippen LogP contribution in [0.15, 0.2) is 54.6 Å². The molecule has 0 spiro atoms. The average molecular weight is 355 g/mol. The van der Waals surface area contributed by atoms with Gasteiger partial charge in [-0.25, -0.2) is 0 Å². The highest BCUT2D eigenvalue weighted by molar-refractivity contribution is 5.77. The zero-order chi connectivity index (χ0) is 18.2. The number of morpholine rings is 1. The van der Waals surface area contributed by atoms with E-state index in [-0.39, 0.29) is 18.4 Å². The summed E-state index contributed by atoms with van der Waals surface area (Å²) >= 11 is 0. The van der Waals surface area contributed by atoms with Crippen molar-refractivity contribution in [2.45, 2.75) is 18.9 Å². The lowest BCUT2D eigenvalue weighted by Gasteiger charge is -2.28. The average Bonchev–Trinajstić information content (AvgIpc) is 2.72. The van der Waals surface area contributed by atoms with Crippen molar-refractivity contribution in [1.82, 2.24) is 4.90 Å². The SMILES string of the molecule is O=C(CC(CO)c1ccc(OCc2ccccc2)cc1)N1CCOCC1. The Kier molecular flexibility index (Phi) is 6.63. The number of ether oxygens (including phenoxy) is 2. The topological polar surface area (TPSA) is 59.0 Å². The fourth-order valence-electron chi connectivity index (χ4n) is 3.02. The van der Waals surface area contributed by atoms with Gasteiger partial charge in [0.2, 0.25) is 5.91 Å². The Morgan fingerprint density at radius 3 is 2.42 bits per heavy atom. The number of benzene rings is 2. The molecule has 0 saturated carbocycles. The summed E-state index contributed by atoms with van der Waals surface area (Å²) in [7, 11) is 0. The van der Waals surface area contributed by atoms with Crippen LogP contribution in [0, 0.1) is 0 Å². The molecule has 0 radical (unpaired) electrons. The molecule has 0 aliphatic carbocycles. The van der Waals surface area contributed by atoms with E-state index in [1.54, 1.807) is 0 Å². The molecule has 2 aromatic carbocycles. The molecular formula is C21H25NO4. The standard InChI is InChI=1S/C21H25NO4/c23-15-19(14-21(24)22-10-12-25-13-11-22)18-6-8-20(9-7-18)26-16-17-4-2-1-3-5-17/h1-9,19,23H,10-16H2. The van der Waals surface area contributed by atoms with Crippen molar-refractivity contribution in [3.8, 4) is 5.75 Å². The van der Waals surface area contributed by atoms with Gasteiger partial charge in [0.05, 0.1) is 19.8 Å². The molecule has 1 fully saturated rings. The number of nitrogens with zero attached hydrogens (tertiary/aromatic N) is 1. The molecule has 1 N–H and O–H groups in total. The highest BCUT2D eigenvalue weighted by atomic mass is 16.5. The van der Waals surface area contributed by atoms with Gasteiger partial charge in [0.25, 0.3) is 0 Å². The summed E-state index contributed by atoms with van der Waals surface area (Å²) in [5.74, 6) is 0.638. The van der Waals surface area contributed by atoms with Gasteiger partial charge in [0.1, 0.15) is 12.4 Å². The van der Waals surface area contributed by atoms with Gasteiger partial charge in [-0.1, -0.05) is 42.5 Å². The second kappa shape index (κ2) is 9.36. The summed E-state index contributed by atoms with van der Waals surface area (Å²) in [6.45, 7) is 2.89. The van der Waals surface area contributed by atoms with E-state index >= 15 is 0 Å². The molecule has 1 aliphatic rings. The predicted octanol–water partition coefficient (Wildman–Crippen LogP) is 2.59. The number of carbonyl (C=O) groups excluding carboxylic acids is 1. The number of amides is 1. The number of aliphatic hydroxyl groups is 1. The van der Waals surface area contributed by atoms with Gasteiger partial charge < -0.3 is 19.5 Å². The minimum Gasteiger partial charge on any atom is -0.489 e. The number of carbonyl (C=O) groups is 1. The third-order valence-electron chi connectivity index (χ3n) is 4.61. The van der Waals surface area contributed by atoms with E-state index in [9.17, 15) is 9.90 Å². The molecule has 3 rings (SSSR count). The van der Waals surface area contributed by atoms with Crippen LogP contribution in [0.25, 0.3) is 0 Å². The highest BCUT2D eigenvalue weighted by Gasteiger charge is 2.21. The Hall–Kier alpha value is -2.37. The molecule has 2 aromatic rings. The Bertz CT molecular complexity index is 681. The lowest BCUT2D eigenvalue weighted by atomic mass is 9.95. The highest BCUT2D eigenvalue weighted by Crippen LogP contribution is 2.23. The molecule has 1 aliphatic heterocycles. The van der Waals surface area contributed by atoms with E-state index in [1.165, 1.54) is 0 Å². The van der Waals surface area contributed by atoms with Crippen LogP contribution in [0.1, 0.15) is 23.5 Å². The number of aliphatic hydroxyl groups excluding tert-OH is 1. The van der Waals surface area contributed by atoms with Crippen molar-refractivity contribution in [2.75, 3.05) is 32.9 Å². The summed E-state index contributed by atoms with van der Waals surface area (Å²) in [6.07, 6.45) is 0.306. The van der Waals surface area contributed by atoms with E-state index < -0.39 is 0 Å². The molecule has 1 saturated heterocycles. The fourth-order valence-corrected chi connectivity index (χ4v) is 3.02. The quantitative estimate of drug-likeness (QED) is 0.829. The first-order valence-electron chi connectivity index (χ1n) is 8.99. The lowest BCUT2D eigenvalue weighted by molar-refractivity contribution is -0.135. The third-order valence-corrected chi connectivity index (χ3v) is 4.61. The number of rotatable bonds is 7. The molecule has 26 heavy (non-hydrogen) atoms. The molecule has 0 aromatic heterocycles. The van der Waals surface area contributed by atoms with Gasteiger partial charge in [-0.3, -0.25) is 4.79 Å². The molecule has 5 heteroatoms. The van der Waals surface area contributed by atoms with Crippen LogP contribution >= 0.6 is 0 Å². The van der Waals surface area contributed by atoms with E-state index in [0.29, 0.717) is 39.3 Å². The van der Waals surface area contributed by atoms with Gasteiger partial charge in [0.15, 0.2) is 0 Å². The molecule has 1 atom stereocenters. The van der Waals surface area contributed by atoms with Crippen LogP contribution in [-0.4, -0.2) is 48.8 Å². The van der Waals surface area contributed by atoms with Gasteiger partial charge in [0, 0.05) is 25.4 Å². The maximum absolute atomic E-state index is 12.4. The first kappa shape index (κ1) is 18.4. The number of hydrogen-bond donors (Lipinski definition) is 1. The van der Waals surface area contributed by atoms with Gasteiger partial charge in [-0.2, -0.15) is 0 Å². The molecular weight excluding hydrogens is 330 g/mol. The molecule has 1 unspecified atom stereocenters. The van der Waals surface area contributed by atoms with E-state index in [0.717, 1.165) is 16.9 Å². The smallest absolute Gasteiger partial charge is 0.223 e. The van der Waals surface area contributed by atoms with Crippen LogP contribution < -0.4 is 4.74 Å². The van der Waals surface area contributed by atoms with Crippen molar-refractivity contribution in [1.29, 1.82) is 0 Å². The van der Waals surface area contributed by atoms with E-state index in [4.69, 9.17) is 9.47 Å². The Morgan fingerprint density at radius 1 is 1.08 bits per heavy atom. The first-order chi connectivity index (χ1) is 12.8. The maximum atomic E-state index is 12.4. The van der Waals surface area contributed by atoms with Gasteiger partial charge >= 0.3 is 0 Å². The van der Waals surface area contributed by atoms with Crippen molar-refractivity contribution in [3.05, 3.63) is 65.7 Å². The van der Waals surface area contributed by atoms with Crippen molar-refractivity contribution < 1.29 is 19.4 Å². The van der Waals surface area contributed by atoms with Crippen molar-refractivity contribution in [3.63, 3.8) is 0 Å². The van der Waals surface area contributed by atoms with Crippen LogP contribution in [0.3, 0.4) is 0 Å². The normalized spacial score (nSPS) is 15.5. The molecule has 1 heterocycles. The van der Waals surface area contributed by atoms with E-state index in [1.807, 2.05) is 59.5 Å². The molecule has 138 valence electrons. The third kappa shape index (κ3) is 5.07. The zero-order valence-electron chi connectivity index (χ0n) is 14.8. The van der Waals surface area contributed by atoms with E-state index in [2.05, 4.69) is 0 Å². The monoisotopic (exact) mass is 355 g/mol. The predicted molar refractivity (Wildman–Crippen MR) is 99.1 cm³/mol. The van der Waals surface area contributed by atoms with Crippen LogP contribution in [0.4, 0.5) is 0 Å². The van der Waals surface area contributed by atoms with Crippen LogP contribution in [0.5, 0.6) is 5.75 Å². The first-order valence-corrected chi connectivity index (χ1v) is 8.99. The van der Waals surface area contributed by atoms with Crippen LogP contribution in [0.2, 0.25) is 0 Å². The Morgan fingerprint density at radius 2 is 1.77 bits per heavy atom. The second-order valence-corrected chi connectivity index (χ2v) is 6.42. The minimum atomic E-state index is -0.200. The molecule has 0 bridgehead atoms. The summed E-state index contributed by atoms with van der Waals surface area (Å²) in [6, 6.07) is 17.6. The number of hydrogen-bond acceptors (Lipinski definition) is 4. The summed E-state index contributed by atoms with van der Waals surface area (Å²) in [4.78, 5) is 14.2. The summed E-state index contributed by atoms with van der Waals surface area (Å²) < 4.78 is 11.1. The minimum absolute atomic E-state index is 0.0553. The maximum Gasteiger partial charge on any atom is 0.223 e. The largest absolute Gasteiger partial charge is 0.489 e. The fraction of sp³-hybridized carbons (Fsp3) is 0.381. The lowest BCUT2D eigenvalue weighted by Crippen LogP contribution is -2.41. The summed E-state index contributed by atoms with van der Waals surface area (Å²) in [5, 5.41) is 9.72. The van der Waals surface area contributed by atoms with Crippen molar-refractivity contribution >= 4 is 5.91 Å². The zero-order valence-corrected chi connectivity index (χ0v) is 14.8. The van der Waals surface area contributed by atoms with Gasteiger partial charge in [-0.05, 0) is 23.3 Å².